The molecular weight excluding hydrogens is 548 g/mol. The van der Waals surface area contributed by atoms with Gasteiger partial charge in [-0.1, -0.05) is 24.3 Å². The molecule has 1 fully saturated rings. The van der Waals surface area contributed by atoms with Crippen LogP contribution in [-0.4, -0.2) is 92.3 Å². The van der Waals surface area contributed by atoms with Gasteiger partial charge < -0.3 is 15.7 Å². The van der Waals surface area contributed by atoms with Crippen molar-refractivity contribution < 1.29 is 14.7 Å². The molecule has 42 heavy (non-hydrogen) atoms. The molecule has 1 saturated heterocycles. The first-order valence-electron chi connectivity index (χ1n) is 14.3. The Morgan fingerprint density at radius 2 is 1.81 bits per heavy atom. The molecule has 1 aliphatic heterocycles. The average Bonchev–Trinajstić information content (AvgIpc) is 2.96. The topological polar surface area (TPSA) is 111 Å². The fraction of sp³-hybridized carbons (Fsp3) is 0.438. The number of rotatable bonds is 11. The predicted octanol–water partition coefficient (Wildman–Crippen LogP) is 3.14. The third kappa shape index (κ3) is 9.35. The van der Waals surface area contributed by atoms with Gasteiger partial charge in [-0.3, -0.25) is 29.4 Å². The van der Waals surface area contributed by atoms with Gasteiger partial charge in [-0.15, -0.1) is 11.8 Å². The van der Waals surface area contributed by atoms with Gasteiger partial charge in [-0.05, 0) is 63.1 Å². The van der Waals surface area contributed by atoms with E-state index in [1.165, 1.54) is 0 Å². The van der Waals surface area contributed by atoms with E-state index in [4.69, 9.17) is 0 Å². The molecule has 0 bridgehead atoms. The Morgan fingerprint density at radius 3 is 2.50 bits per heavy atom. The van der Waals surface area contributed by atoms with Crippen molar-refractivity contribution in [1.82, 2.24) is 30.4 Å². The van der Waals surface area contributed by atoms with Crippen LogP contribution in [0.5, 0.6) is 0 Å². The van der Waals surface area contributed by atoms with Crippen LogP contribution in [0, 0.1) is 6.92 Å². The highest BCUT2D eigenvalue weighted by atomic mass is 32.2. The maximum Gasteiger partial charge on any atom is 0.251 e. The summed E-state index contributed by atoms with van der Waals surface area (Å²) in [6.07, 6.45) is 5.95. The summed E-state index contributed by atoms with van der Waals surface area (Å²) in [7, 11) is 0. The summed E-state index contributed by atoms with van der Waals surface area (Å²) in [6, 6.07) is 14.6. The molecule has 224 valence electrons. The Balaban J connectivity index is 1.50. The summed E-state index contributed by atoms with van der Waals surface area (Å²) in [5.74, 6) is 0.147. The number of nitrogens with one attached hydrogen (secondary N) is 2. The van der Waals surface area contributed by atoms with E-state index in [1.54, 1.807) is 36.4 Å². The number of carbonyl (C=O) groups is 2. The lowest BCUT2D eigenvalue weighted by atomic mass is 10.0. The van der Waals surface area contributed by atoms with Gasteiger partial charge in [0.25, 0.3) is 5.91 Å². The minimum absolute atomic E-state index is 0.0720. The highest BCUT2D eigenvalue weighted by molar-refractivity contribution is 7.99. The second kappa shape index (κ2) is 14.7. The van der Waals surface area contributed by atoms with Gasteiger partial charge in [0.2, 0.25) is 5.91 Å². The molecule has 1 aromatic carbocycles. The third-order valence-corrected chi connectivity index (χ3v) is 8.28. The lowest BCUT2D eigenvalue weighted by molar-refractivity contribution is -0.131. The Hall–Kier alpha value is -3.31. The number of carbonyl (C=O) groups excluding carboxylic acids is 2. The zero-order valence-electron chi connectivity index (χ0n) is 24.9. The second-order valence-corrected chi connectivity index (χ2v) is 12.9. The van der Waals surface area contributed by atoms with Crippen LogP contribution in [0.25, 0.3) is 0 Å². The van der Waals surface area contributed by atoms with Crippen LogP contribution < -0.4 is 10.6 Å². The summed E-state index contributed by atoms with van der Waals surface area (Å²) < 4.78 is 0. The van der Waals surface area contributed by atoms with E-state index in [9.17, 15) is 14.7 Å². The summed E-state index contributed by atoms with van der Waals surface area (Å²) in [6.45, 7) is 10.6. The van der Waals surface area contributed by atoms with Crippen molar-refractivity contribution in [1.29, 1.82) is 0 Å². The van der Waals surface area contributed by atoms with Gasteiger partial charge in [0.15, 0.2) is 0 Å². The molecule has 0 saturated carbocycles. The van der Waals surface area contributed by atoms with E-state index in [0.717, 1.165) is 22.6 Å². The minimum Gasteiger partial charge on any atom is -0.390 e. The molecular formula is C32H42N6O3S. The third-order valence-electron chi connectivity index (χ3n) is 7.15. The van der Waals surface area contributed by atoms with Crippen molar-refractivity contribution in [2.75, 3.05) is 31.9 Å². The quantitative estimate of drug-likeness (QED) is 0.292. The maximum absolute atomic E-state index is 13.5. The minimum atomic E-state index is -0.901. The van der Waals surface area contributed by atoms with Crippen molar-refractivity contribution in [2.45, 2.75) is 62.9 Å². The van der Waals surface area contributed by atoms with Gasteiger partial charge >= 0.3 is 0 Å². The number of aliphatic hydroxyl groups excluding tert-OH is 1. The van der Waals surface area contributed by atoms with E-state index in [0.29, 0.717) is 31.0 Å². The van der Waals surface area contributed by atoms with E-state index in [1.807, 2.05) is 76.4 Å². The fourth-order valence-corrected chi connectivity index (χ4v) is 6.01. The molecule has 0 radical (unpaired) electrons. The average molecular weight is 591 g/mol. The Morgan fingerprint density at radius 1 is 1.05 bits per heavy atom. The van der Waals surface area contributed by atoms with Gasteiger partial charge in [0.05, 0.1) is 12.1 Å². The number of aryl methyl sites for hydroxylation is 1. The van der Waals surface area contributed by atoms with Crippen molar-refractivity contribution in [3.8, 4) is 0 Å². The number of amides is 2. The van der Waals surface area contributed by atoms with E-state index in [2.05, 4.69) is 30.4 Å². The molecule has 3 N–H and O–H groups in total. The number of piperazine rings is 1. The fourth-order valence-electron chi connectivity index (χ4n) is 4.98. The van der Waals surface area contributed by atoms with E-state index in [-0.39, 0.29) is 18.4 Å². The zero-order chi connectivity index (χ0) is 30.1. The normalized spacial score (nSPS) is 17.8. The number of β-amino-alcohol motifs (C(OH)–C–C–N with tert-alkyl or cyclic N) is 1. The molecule has 3 aromatic rings. The summed E-state index contributed by atoms with van der Waals surface area (Å²) in [4.78, 5) is 40.5. The second-order valence-electron chi connectivity index (χ2n) is 11.8. The first kappa shape index (κ1) is 31.6. The largest absolute Gasteiger partial charge is 0.390 e. The standard InChI is InChI=1S/C32H42N6O3S/c1-23-17-34-14-12-26(23)30(40)35-27(22-42-25-10-6-5-7-11-25)29(39)21-38-16-15-37(19-24-9-8-13-33-18-24)20-28(38)31(41)36-32(2,3)4/h5-14,17-18,27-29,39H,15-16,19-22H2,1-4H3,(H,35,40)(H,36,41)/t27-,28+,29+/m1/s1. The Bertz CT molecular complexity index is 1300. The number of thioether (sulfide) groups is 1. The number of nitrogens with zero attached hydrogens (tertiary/aromatic N) is 4. The maximum atomic E-state index is 13.5. The number of pyridine rings is 2. The Kier molecular flexibility index (Phi) is 11.1. The molecule has 2 amide bonds. The molecule has 3 heterocycles. The van der Waals surface area contributed by atoms with Crippen LogP contribution in [0.1, 0.15) is 42.3 Å². The number of benzene rings is 1. The van der Waals surface area contributed by atoms with Gasteiger partial charge in [-0.25, -0.2) is 0 Å². The van der Waals surface area contributed by atoms with Crippen LogP contribution >= 0.6 is 11.8 Å². The SMILES string of the molecule is Cc1cnccc1C(=O)N[C@H](CSc1ccccc1)[C@@H](O)CN1CCN(Cc2cccnc2)C[C@H]1C(=O)NC(C)(C)C. The van der Waals surface area contributed by atoms with E-state index < -0.39 is 23.7 Å². The smallest absolute Gasteiger partial charge is 0.251 e. The van der Waals surface area contributed by atoms with Crippen molar-refractivity contribution >= 4 is 23.6 Å². The van der Waals surface area contributed by atoms with E-state index >= 15 is 0 Å². The summed E-state index contributed by atoms with van der Waals surface area (Å²) >= 11 is 1.58. The van der Waals surface area contributed by atoms with Crippen LogP contribution in [0.3, 0.4) is 0 Å². The van der Waals surface area contributed by atoms with Crippen LogP contribution in [-0.2, 0) is 11.3 Å². The van der Waals surface area contributed by atoms with Gasteiger partial charge in [0, 0.05) is 79.3 Å². The predicted molar refractivity (Wildman–Crippen MR) is 166 cm³/mol. The molecule has 4 rings (SSSR count). The lowest BCUT2D eigenvalue weighted by Gasteiger charge is -2.43. The number of aromatic nitrogens is 2. The van der Waals surface area contributed by atoms with Crippen LogP contribution in [0.2, 0.25) is 0 Å². The summed E-state index contributed by atoms with van der Waals surface area (Å²) in [5.41, 5.74) is 1.99. The molecule has 0 spiro atoms. The number of aliphatic hydroxyl groups is 1. The van der Waals surface area contributed by atoms with Crippen molar-refractivity contribution in [3.63, 3.8) is 0 Å². The van der Waals surface area contributed by atoms with Crippen molar-refractivity contribution in [2.24, 2.45) is 0 Å². The molecule has 0 unspecified atom stereocenters. The highest BCUT2D eigenvalue weighted by Crippen LogP contribution is 2.21. The number of hydrogen-bond acceptors (Lipinski definition) is 8. The first-order valence-corrected chi connectivity index (χ1v) is 15.3. The van der Waals surface area contributed by atoms with Gasteiger partial charge in [0.1, 0.15) is 6.04 Å². The van der Waals surface area contributed by atoms with Crippen molar-refractivity contribution in [3.05, 3.63) is 90.0 Å². The molecule has 3 atom stereocenters. The Labute approximate surface area is 253 Å². The van der Waals surface area contributed by atoms with Crippen LogP contribution in [0.15, 0.2) is 78.2 Å². The zero-order valence-corrected chi connectivity index (χ0v) is 25.7. The monoisotopic (exact) mass is 590 g/mol. The lowest BCUT2D eigenvalue weighted by Crippen LogP contribution is -2.63. The van der Waals surface area contributed by atoms with Gasteiger partial charge in [-0.2, -0.15) is 0 Å². The summed E-state index contributed by atoms with van der Waals surface area (Å²) in [5, 5.41) is 17.8. The molecule has 2 aromatic heterocycles. The number of hydrogen-bond donors (Lipinski definition) is 3. The molecule has 9 nitrogen and oxygen atoms in total. The highest BCUT2D eigenvalue weighted by Gasteiger charge is 2.36. The molecule has 1 aliphatic rings. The first-order chi connectivity index (χ1) is 20.1. The molecule has 0 aliphatic carbocycles. The molecule has 10 heteroatoms. The van der Waals surface area contributed by atoms with Crippen LogP contribution in [0.4, 0.5) is 0 Å².